The smallest absolute Gasteiger partial charge is 0.167 e. The van der Waals surface area contributed by atoms with Crippen molar-refractivity contribution in [1.82, 2.24) is 19.5 Å². The van der Waals surface area contributed by atoms with E-state index in [-0.39, 0.29) is 0 Å². The summed E-state index contributed by atoms with van der Waals surface area (Å²) in [5, 5.41) is 6.63. The van der Waals surface area contributed by atoms with Gasteiger partial charge in [0.25, 0.3) is 0 Å². The van der Waals surface area contributed by atoms with Gasteiger partial charge >= 0.3 is 0 Å². The predicted molar refractivity (Wildman–Crippen MR) is 230 cm³/mol. The summed E-state index contributed by atoms with van der Waals surface area (Å²) in [6.45, 7) is 0. The van der Waals surface area contributed by atoms with Crippen molar-refractivity contribution in [2.24, 2.45) is 0 Å². The molecule has 12 rings (SSSR count). The van der Waals surface area contributed by atoms with E-state index in [1.54, 1.807) is 0 Å². The molecule has 0 aliphatic carbocycles. The van der Waals surface area contributed by atoms with Crippen LogP contribution in [0.25, 0.3) is 117 Å². The highest BCUT2D eigenvalue weighted by atomic mass is 16.3. The topological polar surface area (TPSA) is 69.9 Å². The molecule has 12 aromatic rings. The lowest BCUT2D eigenvalue weighted by molar-refractivity contribution is 0.668. The third kappa shape index (κ3) is 4.94. The fourth-order valence-electron chi connectivity index (χ4n) is 8.42. The van der Waals surface area contributed by atoms with Crippen LogP contribution in [0, 0.1) is 0 Å². The second kappa shape index (κ2) is 12.3. The molecule has 0 saturated heterocycles. The lowest BCUT2D eigenvalue weighted by Crippen LogP contribution is -2.00. The van der Waals surface area contributed by atoms with Crippen molar-refractivity contribution in [2.75, 3.05) is 0 Å². The summed E-state index contributed by atoms with van der Waals surface area (Å²) in [4.78, 5) is 14.9. The molecule has 0 aliphatic heterocycles. The third-order valence-electron chi connectivity index (χ3n) is 11.1. The van der Waals surface area contributed by atoms with Crippen molar-refractivity contribution in [2.45, 2.75) is 0 Å². The first kappa shape index (κ1) is 31.5. The Bertz CT molecular complexity index is 3410. The molecule has 0 N–H and O–H groups in total. The van der Waals surface area contributed by atoms with E-state index in [0.717, 1.165) is 77.4 Å². The van der Waals surface area contributed by atoms with Gasteiger partial charge in [-0.05, 0) is 54.1 Å². The van der Waals surface area contributed by atoms with E-state index in [1.165, 1.54) is 21.8 Å². The Labute approximate surface area is 325 Å². The Morgan fingerprint density at radius 1 is 0.333 bits per heavy atom. The highest BCUT2D eigenvalue weighted by Gasteiger charge is 2.20. The maximum atomic E-state index is 6.76. The fourth-order valence-corrected chi connectivity index (χ4v) is 8.42. The van der Waals surface area contributed by atoms with E-state index in [9.17, 15) is 0 Å². The van der Waals surface area contributed by atoms with Crippen molar-refractivity contribution in [3.05, 3.63) is 182 Å². The molecule has 0 aliphatic rings. The minimum Gasteiger partial charge on any atom is -0.455 e. The molecule has 0 saturated carbocycles. The van der Waals surface area contributed by atoms with E-state index in [2.05, 4.69) is 114 Å². The van der Waals surface area contributed by atoms with Crippen LogP contribution >= 0.6 is 0 Å². The molecule has 0 atom stereocenters. The quantitative estimate of drug-likeness (QED) is 0.176. The molecule has 0 bridgehead atoms. The first-order valence-electron chi connectivity index (χ1n) is 19.0. The van der Waals surface area contributed by atoms with Crippen molar-refractivity contribution in [3.8, 4) is 51.0 Å². The zero-order valence-electron chi connectivity index (χ0n) is 30.4. The molecule has 0 amide bonds. The van der Waals surface area contributed by atoms with Crippen molar-refractivity contribution < 1.29 is 8.83 Å². The van der Waals surface area contributed by atoms with Crippen LogP contribution < -0.4 is 0 Å². The Balaban J connectivity index is 0.991. The predicted octanol–water partition coefficient (Wildman–Crippen LogP) is 13.4. The summed E-state index contributed by atoms with van der Waals surface area (Å²) in [6, 6.07) is 62.7. The highest BCUT2D eigenvalue weighted by molar-refractivity contribution is 6.14. The van der Waals surface area contributed by atoms with Crippen molar-refractivity contribution in [3.63, 3.8) is 0 Å². The lowest BCUT2D eigenvalue weighted by Gasteiger charge is -2.08. The summed E-state index contributed by atoms with van der Waals surface area (Å²) in [6.07, 6.45) is 0. The minimum absolute atomic E-state index is 0.555. The molecule has 4 aromatic heterocycles. The highest BCUT2D eigenvalue weighted by Crippen LogP contribution is 2.41. The van der Waals surface area contributed by atoms with Crippen LogP contribution in [0.5, 0.6) is 0 Å². The Morgan fingerprint density at radius 2 is 0.877 bits per heavy atom. The number of fused-ring (bicyclic) bond motifs is 9. The summed E-state index contributed by atoms with van der Waals surface area (Å²) < 4.78 is 15.8. The summed E-state index contributed by atoms with van der Waals surface area (Å²) in [5.41, 5.74) is 11.3. The molecule has 0 fully saturated rings. The Hall–Kier alpha value is -7.83. The number of para-hydroxylation sites is 4. The molecular weight excluding hydrogens is 701 g/mol. The summed E-state index contributed by atoms with van der Waals surface area (Å²) >= 11 is 0. The maximum Gasteiger partial charge on any atom is 0.167 e. The molecule has 4 heterocycles. The van der Waals surface area contributed by atoms with Gasteiger partial charge in [-0.25, -0.2) is 15.0 Å². The van der Waals surface area contributed by atoms with Gasteiger partial charge in [0, 0.05) is 54.7 Å². The Kier molecular flexibility index (Phi) is 6.83. The van der Waals surface area contributed by atoms with E-state index in [4.69, 9.17) is 23.8 Å². The van der Waals surface area contributed by atoms with Gasteiger partial charge in [-0.2, -0.15) is 0 Å². The molecule has 57 heavy (non-hydrogen) atoms. The van der Waals surface area contributed by atoms with Gasteiger partial charge < -0.3 is 13.4 Å². The number of rotatable bonds is 5. The number of furan rings is 2. The van der Waals surface area contributed by atoms with Crippen LogP contribution in [0.3, 0.4) is 0 Å². The van der Waals surface area contributed by atoms with Crippen molar-refractivity contribution in [1.29, 1.82) is 0 Å². The standard InChI is InChI=1S/C51H30N4O2/c1-3-13-31(14-4-1)49-52-50(32-15-5-2-6-16-32)54-51(53-49)41-22-12-20-39-38-27-25-33(29-46(38)57-48(39)41)35-19-11-21-40-42-30-34(26-28-45(42)56-47(35)40)55-43-23-9-7-17-36(43)37-18-8-10-24-44(37)55/h1-30H. The molecule has 6 nitrogen and oxygen atoms in total. The second-order valence-electron chi connectivity index (χ2n) is 14.4. The normalized spacial score (nSPS) is 11.9. The minimum atomic E-state index is 0.555. The van der Waals surface area contributed by atoms with Crippen molar-refractivity contribution >= 4 is 65.7 Å². The molecule has 6 heteroatoms. The third-order valence-corrected chi connectivity index (χ3v) is 11.1. The number of hydrogen-bond acceptors (Lipinski definition) is 5. The van der Waals surface area contributed by atoms with Gasteiger partial charge in [0.15, 0.2) is 17.5 Å². The van der Waals surface area contributed by atoms with Gasteiger partial charge in [0.05, 0.1) is 16.6 Å². The average Bonchev–Trinajstić information content (AvgIpc) is 3.96. The molecule has 0 radical (unpaired) electrons. The molecular formula is C51H30N4O2. The maximum absolute atomic E-state index is 6.76. The molecule has 0 spiro atoms. The average molecular weight is 731 g/mol. The van der Waals surface area contributed by atoms with E-state index in [1.807, 2.05) is 72.8 Å². The number of aromatic nitrogens is 4. The number of nitrogens with zero attached hydrogens (tertiary/aromatic N) is 4. The molecule has 0 unspecified atom stereocenters. The molecule has 266 valence electrons. The SMILES string of the molecule is c1ccc(-c2nc(-c3ccccc3)nc(-c3cccc4c3oc3cc(-c5cccc6c5oc5ccc(-n7c8ccccc8c8ccccc87)cc56)ccc34)n2)cc1. The largest absolute Gasteiger partial charge is 0.455 e. The van der Waals surface area contributed by atoms with Crippen LogP contribution in [0.1, 0.15) is 0 Å². The zero-order chi connectivity index (χ0) is 37.5. The number of hydrogen-bond donors (Lipinski definition) is 0. The van der Waals surface area contributed by atoms with Gasteiger partial charge in [-0.3, -0.25) is 0 Å². The Morgan fingerprint density at radius 3 is 1.56 bits per heavy atom. The van der Waals surface area contributed by atoms with E-state index < -0.39 is 0 Å². The number of benzene rings is 8. The van der Waals surface area contributed by atoms with E-state index >= 15 is 0 Å². The van der Waals surface area contributed by atoms with Gasteiger partial charge in [0.1, 0.15) is 22.3 Å². The second-order valence-corrected chi connectivity index (χ2v) is 14.4. The van der Waals surface area contributed by atoms with Gasteiger partial charge in [-0.15, -0.1) is 0 Å². The monoisotopic (exact) mass is 730 g/mol. The van der Waals surface area contributed by atoms with Crippen LogP contribution in [0.2, 0.25) is 0 Å². The summed E-state index contributed by atoms with van der Waals surface area (Å²) in [7, 11) is 0. The van der Waals surface area contributed by atoms with Gasteiger partial charge in [0.2, 0.25) is 0 Å². The summed E-state index contributed by atoms with van der Waals surface area (Å²) in [5.74, 6) is 1.77. The van der Waals surface area contributed by atoms with E-state index in [0.29, 0.717) is 17.5 Å². The van der Waals surface area contributed by atoms with Crippen LogP contribution in [-0.2, 0) is 0 Å². The first-order chi connectivity index (χ1) is 28.2. The first-order valence-corrected chi connectivity index (χ1v) is 19.0. The fraction of sp³-hybridized carbons (Fsp3) is 0. The van der Waals surface area contributed by atoms with Crippen LogP contribution in [0.4, 0.5) is 0 Å². The van der Waals surface area contributed by atoms with Crippen LogP contribution in [0.15, 0.2) is 191 Å². The van der Waals surface area contributed by atoms with Crippen LogP contribution in [-0.4, -0.2) is 19.5 Å². The zero-order valence-corrected chi connectivity index (χ0v) is 30.4. The molecule has 8 aromatic carbocycles. The van der Waals surface area contributed by atoms with Gasteiger partial charge in [-0.1, -0.05) is 133 Å². The lowest BCUT2D eigenvalue weighted by atomic mass is 10.0.